The maximum atomic E-state index is 13.2. The third kappa shape index (κ3) is 3.49. The van der Waals surface area contributed by atoms with E-state index in [4.69, 9.17) is 15.5 Å². The molecule has 2 spiro atoms. The van der Waals surface area contributed by atoms with Gasteiger partial charge in [0, 0.05) is 23.7 Å². The highest BCUT2D eigenvalue weighted by Gasteiger charge is 2.62. The summed E-state index contributed by atoms with van der Waals surface area (Å²) in [4.78, 5) is 5.19. The van der Waals surface area contributed by atoms with Gasteiger partial charge in [0.2, 0.25) is 0 Å². The van der Waals surface area contributed by atoms with Gasteiger partial charge in [0.05, 0.1) is 6.10 Å². The normalized spacial score (nSPS) is 27.6. The van der Waals surface area contributed by atoms with Gasteiger partial charge in [-0.05, 0) is 72.1 Å². The summed E-state index contributed by atoms with van der Waals surface area (Å²) in [5.74, 6) is 0.511. The van der Waals surface area contributed by atoms with Gasteiger partial charge in [-0.25, -0.2) is 0 Å². The van der Waals surface area contributed by atoms with Gasteiger partial charge in [-0.2, -0.15) is 13.2 Å². The van der Waals surface area contributed by atoms with Gasteiger partial charge in [0.15, 0.2) is 0 Å². The minimum Gasteiger partial charge on any atom is -0.383 e. The molecule has 3 nitrogen and oxygen atoms in total. The lowest BCUT2D eigenvalue weighted by Gasteiger charge is -2.47. The van der Waals surface area contributed by atoms with Crippen LogP contribution in [0.25, 0.3) is 5.57 Å². The Morgan fingerprint density at radius 3 is 2.51 bits per heavy atom. The van der Waals surface area contributed by atoms with E-state index in [-0.39, 0.29) is 11.5 Å². The average molecular weight is 479 g/mol. The zero-order valence-electron chi connectivity index (χ0n) is 19.8. The van der Waals surface area contributed by atoms with E-state index in [2.05, 4.69) is 19.2 Å². The fraction of sp³-hybridized carbons (Fsp3) is 0.345. The predicted molar refractivity (Wildman–Crippen MR) is 133 cm³/mol. The molecule has 0 amide bonds. The van der Waals surface area contributed by atoms with Crippen LogP contribution in [-0.2, 0) is 16.7 Å². The summed E-state index contributed by atoms with van der Waals surface area (Å²) in [6.45, 7) is 6.97. The molecule has 5 rings (SSSR count). The Morgan fingerprint density at radius 2 is 1.86 bits per heavy atom. The lowest BCUT2D eigenvalue weighted by molar-refractivity contribution is -0.0877. The molecule has 6 heteroatoms. The quantitative estimate of drug-likeness (QED) is 0.512. The molecule has 1 atom stereocenters. The number of aliphatic imine (C=N–C) groups is 1. The summed E-state index contributed by atoms with van der Waals surface area (Å²) in [6.07, 6.45) is 2.77. The largest absolute Gasteiger partial charge is 0.415 e. The minimum absolute atomic E-state index is 0.173. The Balaban J connectivity index is 1.70. The van der Waals surface area contributed by atoms with E-state index in [0.717, 1.165) is 60.4 Å². The molecule has 35 heavy (non-hydrogen) atoms. The van der Waals surface area contributed by atoms with Crippen LogP contribution in [0.5, 0.6) is 0 Å². The van der Waals surface area contributed by atoms with Crippen LogP contribution >= 0.6 is 0 Å². The number of allylic oxidation sites excluding steroid dienone is 4. The fourth-order valence-electron chi connectivity index (χ4n) is 6.41. The van der Waals surface area contributed by atoms with E-state index in [1.807, 2.05) is 36.4 Å². The first kappa shape index (κ1) is 23.6. The number of rotatable bonds is 4. The molecule has 2 N–H and O–H groups in total. The molecule has 2 aromatic carbocycles. The first-order chi connectivity index (χ1) is 16.6. The number of alkyl halides is 3. The summed E-state index contributed by atoms with van der Waals surface area (Å²) < 4.78 is 45.3. The maximum absolute atomic E-state index is 13.2. The van der Waals surface area contributed by atoms with Gasteiger partial charge in [0.25, 0.3) is 0 Å². The Bertz CT molecular complexity index is 1260. The Morgan fingerprint density at radius 1 is 1.14 bits per heavy atom. The summed E-state index contributed by atoms with van der Waals surface area (Å²) >= 11 is 0. The van der Waals surface area contributed by atoms with Crippen molar-refractivity contribution in [2.45, 2.75) is 49.9 Å². The molecular weight excluding hydrogens is 449 g/mol. The minimum atomic E-state index is -4.50. The number of ether oxygens (including phenoxy) is 1. The molecule has 1 saturated carbocycles. The van der Waals surface area contributed by atoms with Crippen LogP contribution < -0.4 is 5.73 Å². The van der Waals surface area contributed by atoms with Crippen molar-refractivity contribution in [2.24, 2.45) is 16.1 Å². The number of benzene rings is 2. The highest BCUT2D eigenvalue weighted by Crippen LogP contribution is 2.64. The van der Waals surface area contributed by atoms with E-state index in [9.17, 15) is 13.2 Å². The van der Waals surface area contributed by atoms with Crippen molar-refractivity contribution < 1.29 is 17.9 Å². The van der Waals surface area contributed by atoms with Crippen molar-refractivity contribution in [1.29, 1.82) is 0 Å². The molecule has 1 heterocycles. The first-order valence-corrected chi connectivity index (χ1v) is 11.9. The van der Waals surface area contributed by atoms with E-state index < -0.39 is 17.3 Å². The van der Waals surface area contributed by atoms with Crippen molar-refractivity contribution in [3.63, 3.8) is 0 Å². The summed E-state index contributed by atoms with van der Waals surface area (Å²) in [6, 6.07) is 14.0. The van der Waals surface area contributed by atoms with Crippen LogP contribution in [0.15, 0.2) is 78.3 Å². The second-order valence-corrected chi connectivity index (χ2v) is 9.84. The number of nitrogens with zero attached hydrogens (tertiary/aromatic N) is 1. The van der Waals surface area contributed by atoms with Crippen LogP contribution in [0.1, 0.15) is 53.5 Å². The number of nitrogens with two attached hydrogens (primary N) is 1. The van der Waals surface area contributed by atoms with Crippen molar-refractivity contribution in [3.05, 3.63) is 101 Å². The second-order valence-electron chi connectivity index (χ2n) is 9.84. The Labute approximate surface area is 203 Å². The molecule has 1 fully saturated rings. The molecule has 1 unspecified atom stereocenters. The van der Waals surface area contributed by atoms with Crippen LogP contribution in [0.3, 0.4) is 0 Å². The number of hydrogen-bond donors (Lipinski definition) is 1. The smallest absolute Gasteiger partial charge is 0.383 e. The van der Waals surface area contributed by atoms with Gasteiger partial charge >= 0.3 is 6.18 Å². The molecular formula is C29H29F3N2O. The highest BCUT2D eigenvalue weighted by atomic mass is 19.4. The lowest BCUT2D eigenvalue weighted by atomic mass is 9.59. The first-order valence-electron chi connectivity index (χ1n) is 11.9. The van der Waals surface area contributed by atoms with Gasteiger partial charge in [0.1, 0.15) is 11.4 Å². The molecule has 1 aliphatic heterocycles. The standard InChI is InChI=1S/C29H29F3N2O/c1-4-19(15-18(2)29(30,31)32)20-9-10-21-17-27(13-11-22(35-3)12-14-27)28(25(21)16-20)24-8-6-5-7-23(24)26(33)34-28/h4-10,15-16,22H,1-2,11-14,17H2,3H3,(H2,33,34). The zero-order valence-corrected chi connectivity index (χ0v) is 19.8. The second kappa shape index (κ2) is 8.23. The van der Waals surface area contributed by atoms with Crippen LogP contribution in [0.2, 0.25) is 0 Å². The fourth-order valence-corrected chi connectivity index (χ4v) is 6.41. The van der Waals surface area contributed by atoms with E-state index >= 15 is 0 Å². The highest BCUT2D eigenvalue weighted by molar-refractivity contribution is 6.03. The van der Waals surface area contributed by atoms with E-state index in [0.29, 0.717) is 17.0 Å². The van der Waals surface area contributed by atoms with Crippen LogP contribution in [-0.4, -0.2) is 25.2 Å². The van der Waals surface area contributed by atoms with Gasteiger partial charge in [-0.3, -0.25) is 4.99 Å². The van der Waals surface area contributed by atoms with Crippen molar-refractivity contribution in [3.8, 4) is 0 Å². The predicted octanol–water partition coefficient (Wildman–Crippen LogP) is 6.47. The number of fused-ring (bicyclic) bond motifs is 5. The summed E-state index contributed by atoms with van der Waals surface area (Å²) in [7, 11) is 1.76. The molecule has 0 aromatic heterocycles. The third-order valence-corrected chi connectivity index (χ3v) is 8.15. The maximum Gasteiger partial charge on any atom is 0.415 e. The molecule has 0 radical (unpaired) electrons. The van der Waals surface area contributed by atoms with E-state index in [1.54, 1.807) is 7.11 Å². The molecule has 2 aliphatic carbocycles. The Hall–Kier alpha value is -3.12. The van der Waals surface area contributed by atoms with Crippen molar-refractivity contribution in [1.82, 2.24) is 0 Å². The number of halogens is 3. The molecule has 3 aliphatic rings. The summed E-state index contributed by atoms with van der Waals surface area (Å²) in [5, 5.41) is 0. The number of hydrogen-bond acceptors (Lipinski definition) is 3. The van der Waals surface area contributed by atoms with Gasteiger partial charge < -0.3 is 10.5 Å². The van der Waals surface area contributed by atoms with Gasteiger partial charge in [-0.15, -0.1) is 0 Å². The molecule has 182 valence electrons. The molecule has 2 aromatic rings. The van der Waals surface area contributed by atoms with Crippen LogP contribution in [0.4, 0.5) is 13.2 Å². The SMILES string of the molecule is C=CC(=CC(=C)C(F)(F)F)c1ccc2c(c1)C1(N=C(N)c3ccccc31)C1(CCC(OC)CC1)C2. The summed E-state index contributed by atoms with van der Waals surface area (Å²) in [5.41, 5.74) is 9.96. The third-order valence-electron chi connectivity index (χ3n) is 8.15. The lowest BCUT2D eigenvalue weighted by Crippen LogP contribution is -2.45. The zero-order chi connectivity index (χ0) is 25.0. The Kier molecular flexibility index (Phi) is 5.55. The monoisotopic (exact) mass is 478 g/mol. The van der Waals surface area contributed by atoms with Crippen molar-refractivity contribution in [2.75, 3.05) is 7.11 Å². The average Bonchev–Trinajstić information content (AvgIpc) is 3.29. The topological polar surface area (TPSA) is 47.6 Å². The van der Waals surface area contributed by atoms with Crippen LogP contribution in [0, 0.1) is 5.41 Å². The molecule has 0 saturated heterocycles. The van der Waals surface area contributed by atoms with Crippen molar-refractivity contribution >= 4 is 11.4 Å². The molecule has 0 bridgehead atoms. The number of methoxy groups -OCH3 is 1. The number of amidine groups is 1. The van der Waals surface area contributed by atoms with Gasteiger partial charge in [-0.1, -0.05) is 55.6 Å². The van der Waals surface area contributed by atoms with E-state index in [1.165, 1.54) is 6.08 Å².